The maximum atomic E-state index is 9.33. The van der Waals surface area contributed by atoms with Crippen molar-refractivity contribution in [2.45, 2.75) is 50.7 Å². The standard InChI is InChI=1S/C17H28N2O2/c1-13(18)17(14-6-5-8-16(12-14)21-2)19-10-4-3-7-15(19)9-11-20/h5-6,8,12-13,15,17,20H,3-4,7,9-11,18H2,1-2H3. The molecule has 3 unspecified atom stereocenters. The van der Waals surface area contributed by atoms with Gasteiger partial charge in [0.1, 0.15) is 5.75 Å². The molecule has 0 bridgehead atoms. The van der Waals surface area contributed by atoms with Gasteiger partial charge in [0.25, 0.3) is 0 Å². The van der Waals surface area contributed by atoms with E-state index in [0.29, 0.717) is 6.04 Å². The van der Waals surface area contributed by atoms with Crippen molar-refractivity contribution in [2.24, 2.45) is 5.73 Å². The van der Waals surface area contributed by atoms with Gasteiger partial charge in [0.05, 0.1) is 13.2 Å². The fourth-order valence-corrected chi connectivity index (χ4v) is 3.47. The molecule has 1 aromatic carbocycles. The summed E-state index contributed by atoms with van der Waals surface area (Å²) >= 11 is 0. The van der Waals surface area contributed by atoms with E-state index in [4.69, 9.17) is 10.5 Å². The first-order valence-electron chi connectivity index (χ1n) is 7.93. The van der Waals surface area contributed by atoms with Crippen molar-refractivity contribution < 1.29 is 9.84 Å². The SMILES string of the molecule is COc1cccc(C(C(C)N)N2CCCCC2CCO)c1. The van der Waals surface area contributed by atoms with Gasteiger partial charge in [-0.2, -0.15) is 0 Å². The summed E-state index contributed by atoms with van der Waals surface area (Å²) in [6.07, 6.45) is 4.42. The van der Waals surface area contributed by atoms with Crippen molar-refractivity contribution in [2.75, 3.05) is 20.3 Å². The van der Waals surface area contributed by atoms with Gasteiger partial charge in [-0.25, -0.2) is 0 Å². The Morgan fingerprint density at radius 3 is 2.90 bits per heavy atom. The maximum absolute atomic E-state index is 9.33. The van der Waals surface area contributed by atoms with Gasteiger partial charge in [-0.15, -0.1) is 0 Å². The largest absolute Gasteiger partial charge is 0.497 e. The lowest BCUT2D eigenvalue weighted by molar-refractivity contribution is 0.0652. The highest BCUT2D eigenvalue weighted by Crippen LogP contribution is 2.33. The Labute approximate surface area is 127 Å². The molecule has 0 aliphatic carbocycles. The summed E-state index contributed by atoms with van der Waals surface area (Å²) in [5.74, 6) is 0.869. The minimum Gasteiger partial charge on any atom is -0.497 e. The van der Waals surface area contributed by atoms with Gasteiger partial charge in [-0.1, -0.05) is 18.6 Å². The second-order valence-electron chi connectivity index (χ2n) is 5.98. The number of nitrogens with two attached hydrogens (primary N) is 1. The first-order valence-corrected chi connectivity index (χ1v) is 7.93. The number of hydrogen-bond acceptors (Lipinski definition) is 4. The summed E-state index contributed by atoms with van der Waals surface area (Å²) in [6.45, 7) is 3.35. The molecule has 0 radical (unpaired) electrons. The molecule has 4 nitrogen and oxygen atoms in total. The summed E-state index contributed by atoms with van der Waals surface area (Å²) in [6, 6.07) is 8.83. The summed E-state index contributed by atoms with van der Waals surface area (Å²) in [4.78, 5) is 2.49. The van der Waals surface area contributed by atoms with Crippen LogP contribution >= 0.6 is 0 Å². The number of rotatable bonds is 6. The van der Waals surface area contributed by atoms with Crippen LogP contribution in [0.3, 0.4) is 0 Å². The fraction of sp³-hybridized carbons (Fsp3) is 0.647. The molecule has 3 N–H and O–H groups in total. The van der Waals surface area contributed by atoms with E-state index in [-0.39, 0.29) is 18.7 Å². The van der Waals surface area contributed by atoms with E-state index in [9.17, 15) is 5.11 Å². The lowest BCUT2D eigenvalue weighted by atomic mass is 9.91. The number of nitrogens with zero attached hydrogens (tertiary/aromatic N) is 1. The number of hydrogen-bond donors (Lipinski definition) is 2. The summed E-state index contributed by atoms with van der Waals surface area (Å²) in [5.41, 5.74) is 7.51. The number of likely N-dealkylation sites (tertiary alicyclic amines) is 1. The molecule has 1 heterocycles. The van der Waals surface area contributed by atoms with Crippen LogP contribution in [0.1, 0.15) is 44.2 Å². The number of ether oxygens (including phenoxy) is 1. The van der Waals surface area contributed by atoms with E-state index in [0.717, 1.165) is 25.1 Å². The monoisotopic (exact) mass is 292 g/mol. The Balaban J connectivity index is 2.27. The average molecular weight is 292 g/mol. The Hall–Kier alpha value is -1.10. The second kappa shape index (κ2) is 7.78. The van der Waals surface area contributed by atoms with E-state index in [1.54, 1.807) is 7.11 Å². The molecule has 1 aliphatic heterocycles. The molecule has 0 saturated carbocycles. The van der Waals surface area contributed by atoms with Crippen molar-refractivity contribution in [3.63, 3.8) is 0 Å². The molecule has 0 spiro atoms. The Kier molecular flexibility index (Phi) is 6.03. The predicted molar refractivity (Wildman–Crippen MR) is 85.4 cm³/mol. The molecule has 118 valence electrons. The van der Waals surface area contributed by atoms with E-state index in [1.807, 2.05) is 12.1 Å². The van der Waals surface area contributed by atoms with Crippen molar-refractivity contribution in [1.82, 2.24) is 4.90 Å². The van der Waals surface area contributed by atoms with Gasteiger partial charge in [-0.05, 0) is 50.4 Å². The van der Waals surface area contributed by atoms with Crippen LogP contribution in [-0.2, 0) is 0 Å². The third-order valence-corrected chi connectivity index (χ3v) is 4.43. The number of aliphatic hydroxyl groups is 1. The van der Waals surface area contributed by atoms with Crippen LogP contribution < -0.4 is 10.5 Å². The molecule has 0 aromatic heterocycles. The minimum atomic E-state index is 0.0383. The van der Waals surface area contributed by atoms with Gasteiger partial charge in [0.2, 0.25) is 0 Å². The van der Waals surface area contributed by atoms with Crippen LogP contribution in [0.25, 0.3) is 0 Å². The van der Waals surface area contributed by atoms with Gasteiger partial charge in [0, 0.05) is 18.7 Å². The number of piperidine rings is 1. The lowest BCUT2D eigenvalue weighted by Crippen LogP contribution is -2.48. The molecule has 4 heteroatoms. The molecule has 1 aliphatic rings. The third kappa shape index (κ3) is 3.96. The van der Waals surface area contributed by atoms with Crippen LogP contribution in [0.5, 0.6) is 5.75 Å². The highest BCUT2D eigenvalue weighted by molar-refractivity contribution is 5.31. The third-order valence-electron chi connectivity index (χ3n) is 4.43. The van der Waals surface area contributed by atoms with Crippen molar-refractivity contribution in [1.29, 1.82) is 0 Å². The summed E-state index contributed by atoms with van der Waals surface area (Å²) in [5, 5.41) is 9.33. The molecule has 2 rings (SSSR count). The molecule has 1 saturated heterocycles. The van der Waals surface area contributed by atoms with Crippen LogP contribution in [-0.4, -0.2) is 42.4 Å². The van der Waals surface area contributed by atoms with Gasteiger partial charge >= 0.3 is 0 Å². The molecule has 1 aromatic rings. The quantitative estimate of drug-likeness (QED) is 0.845. The number of aliphatic hydroxyl groups excluding tert-OH is 1. The highest BCUT2D eigenvalue weighted by atomic mass is 16.5. The first kappa shape index (κ1) is 16.3. The average Bonchev–Trinajstić information content (AvgIpc) is 2.49. The molecule has 0 amide bonds. The zero-order valence-electron chi connectivity index (χ0n) is 13.2. The number of benzene rings is 1. The van der Waals surface area contributed by atoms with Gasteiger partial charge in [0.15, 0.2) is 0 Å². The van der Waals surface area contributed by atoms with Crippen LogP contribution in [0.2, 0.25) is 0 Å². The van der Waals surface area contributed by atoms with E-state index < -0.39 is 0 Å². The smallest absolute Gasteiger partial charge is 0.119 e. The topological polar surface area (TPSA) is 58.7 Å². The van der Waals surface area contributed by atoms with E-state index >= 15 is 0 Å². The lowest BCUT2D eigenvalue weighted by Gasteiger charge is -2.43. The Morgan fingerprint density at radius 2 is 2.24 bits per heavy atom. The molecular formula is C17H28N2O2. The maximum Gasteiger partial charge on any atom is 0.119 e. The molecular weight excluding hydrogens is 264 g/mol. The Bertz CT molecular complexity index is 435. The number of methoxy groups -OCH3 is 1. The van der Waals surface area contributed by atoms with Crippen molar-refractivity contribution in [3.8, 4) is 5.75 Å². The van der Waals surface area contributed by atoms with Crippen LogP contribution in [0.4, 0.5) is 0 Å². The van der Waals surface area contributed by atoms with E-state index in [2.05, 4.69) is 24.0 Å². The molecule has 1 fully saturated rings. The van der Waals surface area contributed by atoms with E-state index in [1.165, 1.54) is 18.4 Å². The molecule has 3 atom stereocenters. The van der Waals surface area contributed by atoms with Crippen molar-refractivity contribution in [3.05, 3.63) is 29.8 Å². The van der Waals surface area contributed by atoms with Gasteiger partial charge in [-0.3, -0.25) is 4.90 Å². The van der Waals surface area contributed by atoms with Gasteiger partial charge < -0.3 is 15.6 Å². The highest BCUT2D eigenvalue weighted by Gasteiger charge is 2.31. The summed E-state index contributed by atoms with van der Waals surface area (Å²) < 4.78 is 5.35. The van der Waals surface area contributed by atoms with Crippen molar-refractivity contribution >= 4 is 0 Å². The normalized spacial score (nSPS) is 22.8. The molecule has 21 heavy (non-hydrogen) atoms. The zero-order chi connectivity index (χ0) is 15.2. The predicted octanol–water partition coefficient (Wildman–Crippen LogP) is 2.32. The summed E-state index contributed by atoms with van der Waals surface area (Å²) in [7, 11) is 1.69. The fourth-order valence-electron chi connectivity index (χ4n) is 3.47. The van der Waals surface area contributed by atoms with Crippen LogP contribution in [0, 0.1) is 0 Å². The zero-order valence-corrected chi connectivity index (χ0v) is 13.2. The minimum absolute atomic E-state index is 0.0383. The first-order chi connectivity index (χ1) is 10.2. The second-order valence-corrected chi connectivity index (χ2v) is 5.98. The Morgan fingerprint density at radius 1 is 1.43 bits per heavy atom. The van der Waals surface area contributed by atoms with Crippen LogP contribution in [0.15, 0.2) is 24.3 Å².